The van der Waals surface area contributed by atoms with Gasteiger partial charge in [0.15, 0.2) is 0 Å². The van der Waals surface area contributed by atoms with Crippen LogP contribution in [0.3, 0.4) is 0 Å². The number of nitrogens with two attached hydrogens (primary N) is 1. The summed E-state index contributed by atoms with van der Waals surface area (Å²) in [5, 5.41) is 0. The Labute approximate surface area is 123 Å². The highest BCUT2D eigenvalue weighted by atomic mass is 15.1. The van der Waals surface area contributed by atoms with Crippen molar-refractivity contribution in [3.05, 3.63) is 29.3 Å². The van der Waals surface area contributed by atoms with Crippen LogP contribution in [0.2, 0.25) is 0 Å². The molecule has 2 N–H and O–H groups in total. The van der Waals surface area contributed by atoms with Gasteiger partial charge in [0.25, 0.3) is 0 Å². The summed E-state index contributed by atoms with van der Waals surface area (Å²) in [6, 6.07) is 6.81. The minimum atomic E-state index is 0.730. The number of piperidine rings is 1. The summed E-state index contributed by atoms with van der Waals surface area (Å²) in [6.45, 7) is 6.47. The van der Waals surface area contributed by atoms with Gasteiger partial charge in [0, 0.05) is 25.3 Å². The Morgan fingerprint density at radius 1 is 1.25 bits per heavy atom. The molecule has 2 rings (SSSR count). The van der Waals surface area contributed by atoms with Crippen molar-refractivity contribution in [1.82, 2.24) is 4.90 Å². The molecule has 0 saturated carbocycles. The first-order valence-corrected chi connectivity index (χ1v) is 7.79. The fourth-order valence-electron chi connectivity index (χ4n) is 3.25. The van der Waals surface area contributed by atoms with Crippen LogP contribution in [-0.4, -0.2) is 45.2 Å². The molecule has 20 heavy (non-hydrogen) atoms. The molecule has 1 aromatic carbocycles. The van der Waals surface area contributed by atoms with Gasteiger partial charge in [0.1, 0.15) is 0 Å². The molecule has 1 aromatic rings. The van der Waals surface area contributed by atoms with E-state index in [0.717, 1.165) is 18.9 Å². The molecule has 1 saturated heterocycles. The Kier molecular flexibility index (Phi) is 5.44. The van der Waals surface area contributed by atoms with E-state index >= 15 is 0 Å². The first-order valence-electron chi connectivity index (χ1n) is 7.79. The molecule has 0 aliphatic carbocycles. The zero-order chi connectivity index (χ0) is 14.5. The number of hydrogen-bond acceptors (Lipinski definition) is 3. The maximum atomic E-state index is 5.76. The van der Waals surface area contributed by atoms with Crippen molar-refractivity contribution in [1.29, 1.82) is 0 Å². The SMILES string of the molecule is Cc1ccc(N2CCC(CN(C)C)CC2)c(CCN)c1. The van der Waals surface area contributed by atoms with Gasteiger partial charge in [-0.25, -0.2) is 0 Å². The average Bonchev–Trinajstić information content (AvgIpc) is 2.40. The van der Waals surface area contributed by atoms with E-state index in [1.165, 1.54) is 49.3 Å². The average molecular weight is 275 g/mol. The van der Waals surface area contributed by atoms with Crippen molar-refractivity contribution >= 4 is 5.69 Å². The molecule has 0 atom stereocenters. The molecular weight excluding hydrogens is 246 g/mol. The van der Waals surface area contributed by atoms with Crippen LogP contribution in [0.1, 0.15) is 24.0 Å². The normalized spacial score (nSPS) is 16.9. The highest BCUT2D eigenvalue weighted by Gasteiger charge is 2.21. The summed E-state index contributed by atoms with van der Waals surface area (Å²) in [6.07, 6.45) is 3.58. The second-order valence-electron chi connectivity index (χ2n) is 6.36. The third kappa shape index (κ3) is 3.97. The van der Waals surface area contributed by atoms with Gasteiger partial charge in [-0.3, -0.25) is 0 Å². The summed E-state index contributed by atoms with van der Waals surface area (Å²) in [5.74, 6) is 0.852. The van der Waals surface area contributed by atoms with Crippen molar-refractivity contribution in [2.45, 2.75) is 26.2 Å². The van der Waals surface area contributed by atoms with Crippen molar-refractivity contribution < 1.29 is 0 Å². The van der Waals surface area contributed by atoms with Crippen molar-refractivity contribution in [3.8, 4) is 0 Å². The highest BCUT2D eigenvalue weighted by molar-refractivity contribution is 5.55. The van der Waals surface area contributed by atoms with Gasteiger partial charge in [-0.2, -0.15) is 0 Å². The third-order valence-electron chi connectivity index (χ3n) is 4.23. The topological polar surface area (TPSA) is 32.5 Å². The quantitative estimate of drug-likeness (QED) is 0.895. The lowest BCUT2D eigenvalue weighted by Crippen LogP contribution is -2.37. The Morgan fingerprint density at radius 3 is 2.55 bits per heavy atom. The zero-order valence-electron chi connectivity index (χ0n) is 13.2. The Bertz CT molecular complexity index is 420. The van der Waals surface area contributed by atoms with E-state index in [0.29, 0.717) is 0 Å². The van der Waals surface area contributed by atoms with E-state index in [2.05, 4.69) is 49.0 Å². The number of anilines is 1. The predicted octanol–water partition coefficient (Wildman–Crippen LogP) is 2.27. The van der Waals surface area contributed by atoms with E-state index in [1.807, 2.05) is 0 Å². The first-order chi connectivity index (χ1) is 9.60. The summed E-state index contributed by atoms with van der Waals surface area (Å²) < 4.78 is 0. The van der Waals surface area contributed by atoms with Gasteiger partial charge in [-0.15, -0.1) is 0 Å². The molecule has 1 aliphatic rings. The standard InChI is InChI=1S/C17H29N3/c1-14-4-5-17(16(12-14)6-9-18)20-10-7-15(8-11-20)13-19(2)3/h4-5,12,15H,6-11,13,18H2,1-3H3. The van der Waals surface area contributed by atoms with Crippen LogP contribution in [0.5, 0.6) is 0 Å². The fraction of sp³-hybridized carbons (Fsp3) is 0.647. The molecule has 0 aromatic heterocycles. The second kappa shape index (κ2) is 7.09. The van der Waals surface area contributed by atoms with Crippen LogP contribution in [0, 0.1) is 12.8 Å². The van der Waals surface area contributed by atoms with Crippen LogP contribution in [0.15, 0.2) is 18.2 Å². The minimum Gasteiger partial charge on any atom is -0.371 e. The zero-order valence-corrected chi connectivity index (χ0v) is 13.2. The lowest BCUT2D eigenvalue weighted by Gasteiger charge is -2.36. The molecule has 3 heteroatoms. The van der Waals surface area contributed by atoms with Crippen molar-refractivity contribution in [2.24, 2.45) is 11.7 Å². The molecule has 1 heterocycles. The van der Waals surface area contributed by atoms with E-state index in [9.17, 15) is 0 Å². The van der Waals surface area contributed by atoms with Crippen LogP contribution in [0.25, 0.3) is 0 Å². The van der Waals surface area contributed by atoms with Gasteiger partial charge < -0.3 is 15.5 Å². The monoisotopic (exact) mass is 275 g/mol. The Balaban J connectivity index is 2.03. The Morgan fingerprint density at radius 2 is 1.95 bits per heavy atom. The molecular formula is C17H29N3. The van der Waals surface area contributed by atoms with Crippen LogP contribution in [-0.2, 0) is 6.42 Å². The van der Waals surface area contributed by atoms with Crippen LogP contribution in [0.4, 0.5) is 5.69 Å². The molecule has 112 valence electrons. The number of aryl methyl sites for hydroxylation is 1. The molecule has 1 aliphatic heterocycles. The number of hydrogen-bond donors (Lipinski definition) is 1. The van der Waals surface area contributed by atoms with E-state index in [4.69, 9.17) is 5.73 Å². The summed E-state index contributed by atoms with van der Waals surface area (Å²) in [5.41, 5.74) is 9.92. The van der Waals surface area contributed by atoms with E-state index in [-0.39, 0.29) is 0 Å². The molecule has 0 amide bonds. The number of benzene rings is 1. The molecule has 0 unspecified atom stereocenters. The summed E-state index contributed by atoms with van der Waals surface area (Å²) in [7, 11) is 4.34. The van der Waals surface area contributed by atoms with Gasteiger partial charge >= 0.3 is 0 Å². The van der Waals surface area contributed by atoms with Crippen LogP contribution < -0.4 is 10.6 Å². The van der Waals surface area contributed by atoms with Gasteiger partial charge in [0.2, 0.25) is 0 Å². The van der Waals surface area contributed by atoms with Crippen molar-refractivity contribution in [2.75, 3.05) is 45.2 Å². The largest absolute Gasteiger partial charge is 0.371 e. The van der Waals surface area contributed by atoms with Gasteiger partial charge in [-0.05, 0) is 64.4 Å². The van der Waals surface area contributed by atoms with Crippen LogP contribution >= 0.6 is 0 Å². The molecule has 0 bridgehead atoms. The predicted molar refractivity (Wildman–Crippen MR) is 87.4 cm³/mol. The van der Waals surface area contributed by atoms with Gasteiger partial charge in [0.05, 0.1) is 0 Å². The molecule has 3 nitrogen and oxygen atoms in total. The third-order valence-corrected chi connectivity index (χ3v) is 4.23. The van der Waals surface area contributed by atoms with E-state index in [1.54, 1.807) is 0 Å². The molecule has 0 spiro atoms. The summed E-state index contributed by atoms with van der Waals surface area (Å²) in [4.78, 5) is 4.86. The lowest BCUT2D eigenvalue weighted by molar-refractivity contribution is 0.285. The Hall–Kier alpha value is -1.06. The minimum absolute atomic E-state index is 0.730. The maximum Gasteiger partial charge on any atom is 0.0399 e. The molecule has 1 fully saturated rings. The second-order valence-corrected chi connectivity index (χ2v) is 6.36. The lowest BCUT2D eigenvalue weighted by atomic mass is 9.95. The van der Waals surface area contributed by atoms with E-state index < -0.39 is 0 Å². The fourth-order valence-corrected chi connectivity index (χ4v) is 3.25. The van der Waals surface area contributed by atoms with Crippen molar-refractivity contribution in [3.63, 3.8) is 0 Å². The number of nitrogens with zero attached hydrogens (tertiary/aromatic N) is 2. The smallest absolute Gasteiger partial charge is 0.0399 e. The number of rotatable bonds is 5. The van der Waals surface area contributed by atoms with Gasteiger partial charge in [-0.1, -0.05) is 17.7 Å². The first kappa shape index (κ1) is 15.3. The highest BCUT2D eigenvalue weighted by Crippen LogP contribution is 2.27. The molecule has 0 radical (unpaired) electrons. The summed E-state index contributed by atoms with van der Waals surface area (Å²) >= 11 is 0. The maximum absolute atomic E-state index is 5.76.